The number of benzene rings is 2. The highest BCUT2D eigenvalue weighted by Crippen LogP contribution is 2.32. The summed E-state index contributed by atoms with van der Waals surface area (Å²) in [7, 11) is 0. The summed E-state index contributed by atoms with van der Waals surface area (Å²) >= 11 is 5.66. The maximum Gasteiger partial charge on any atom is 0.150 e. The van der Waals surface area contributed by atoms with E-state index < -0.39 is 11.6 Å². The van der Waals surface area contributed by atoms with Crippen molar-refractivity contribution < 1.29 is 8.78 Å². The summed E-state index contributed by atoms with van der Waals surface area (Å²) in [6.07, 6.45) is 1.80. The van der Waals surface area contributed by atoms with Gasteiger partial charge in [-0.2, -0.15) is 0 Å². The summed E-state index contributed by atoms with van der Waals surface area (Å²) in [5.74, 6) is -1.06. The first-order chi connectivity index (χ1) is 10.2. The molecule has 21 heavy (non-hydrogen) atoms. The summed E-state index contributed by atoms with van der Waals surface area (Å²) in [6.45, 7) is 2.61. The van der Waals surface area contributed by atoms with Crippen molar-refractivity contribution in [2.75, 3.05) is 11.4 Å². The Bertz CT molecular complexity index is 564. The van der Waals surface area contributed by atoms with Crippen LogP contribution in [0.15, 0.2) is 42.5 Å². The molecule has 0 N–H and O–H groups in total. The smallest absolute Gasteiger partial charge is 0.150 e. The molecule has 0 amide bonds. The van der Waals surface area contributed by atoms with Crippen LogP contribution in [0.1, 0.15) is 25.3 Å². The maximum absolute atomic E-state index is 14.3. The molecule has 2 rings (SSSR count). The molecule has 0 unspecified atom stereocenters. The number of para-hydroxylation sites is 1. The van der Waals surface area contributed by atoms with Gasteiger partial charge in [-0.25, -0.2) is 8.78 Å². The van der Waals surface area contributed by atoms with Crippen LogP contribution in [-0.4, -0.2) is 6.54 Å². The Morgan fingerprint density at radius 2 is 1.67 bits per heavy atom. The number of halogens is 3. The van der Waals surface area contributed by atoms with Crippen LogP contribution in [0, 0.1) is 11.6 Å². The standard InChI is InChI=1S/C17H18ClF2N/c1-2-3-9-21(14-7-5-4-6-8-14)17-15(19)10-13(12-18)11-16(17)20/h4-8,10-11H,2-3,9,12H2,1H3. The molecule has 2 aromatic rings. The molecule has 0 bridgehead atoms. The molecule has 0 aliphatic rings. The van der Waals surface area contributed by atoms with Gasteiger partial charge in [0.2, 0.25) is 0 Å². The molecule has 0 saturated heterocycles. The number of unbranched alkanes of at least 4 members (excludes halogenated alkanes) is 1. The molecule has 1 nitrogen and oxygen atoms in total. The third-order valence-electron chi connectivity index (χ3n) is 3.30. The molecule has 0 radical (unpaired) electrons. The molecule has 0 saturated carbocycles. The van der Waals surface area contributed by atoms with Gasteiger partial charge in [0.15, 0.2) is 0 Å². The van der Waals surface area contributed by atoms with Crippen LogP contribution in [0.25, 0.3) is 0 Å². The van der Waals surface area contributed by atoms with E-state index in [0.29, 0.717) is 12.1 Å². The van der Waals surface area contributed by atoms with Crippen molar-refractivity contribution in [3.8, 4) is 0 Å². The average Bonchev–Trinajstić information content (AvgIpc) is 2.50. The van der Waals surface area contributed by atoms with Crippen LogP contribution < -0.4 is 4.90 Å². The predicted octanol–water partition coefficient (Wildman–Crippen LogP) is 5.64. The number of rotatable bonds is 6. The number of anilines is 2. The third kappa shape index (κ3) is 3.73. The van der Waals surface area contributed by atoms with Gasteiger partial charge in [0.05, 0.1) is 0 Å². The fraction of sp³-hybridized carbons (Fsp3) is 0.294. The molecule has 4 heteroatoms. The van der Waals surface area contributed by atoms with E-state index in [0.717, 1.165) is 18.5 Å². The van der Waals surface area contributed by atoms with Crippen LogP contribution in [0.5, 0.6) is 0 Å². The molecular weight excluding hydrogens is 292 g/mol. The van der Waals surface area contributed by atoms with Crippen LogP contribution in [0.4, 0.5) is 20.2 Å². The maximum atomic E-state index is 14.3. The normalized spacial score (nSPS) is 10.7. The molecule has 0 spiro atoms. The van der Waals surface area contributed by atoms with Crippen molar-refractivity contribution in [3.63, 3.8) is 0 Å². The molecule has 2 aromatic carbocycles. The largest absolute Gasteiger partial charge is 0.337 e. The number of hydrogen-bond donors (Lipinski definition) is 0. The van der Waals surface area contributed by atoms with Crippen molar-refractivity contribution in [2.24, 2.45) is 0 Å². The van der Waals surface area contributed by atoms with Gasteiger partial charge in [0.1, 0.15) is 17.3 Å². The Morgan fingerprint density at radius 3 is 2.19 bits per heavy atom. The van der Waals surface area contributed by atoms with Crippen molar-refractivity contribution >= 4 is 23.0 Å². The minimum absolute atomic E-state index is 0.0106. The van der Waals surface area contributed by atoms with Crippen LogP contribution >= 0.6 is 11.6 Å². The Hall–Kier alpha value is -1.61. The lowest BCUT2D eigenvalue weighted by Gasteiger charge is -2.26. The van der Waals surface area contributed by atoms with E-state index >= 15 is 0 Å². The van der Waals surface area contributed by atoms with Gasteiger partial charge >= 0.3 is 0 Å². The van der Waals surface area contributed by atoms with Crippen molar-refractivity contribution in [3.05, 3.63) is 59.7 Å². The highest BCUT2D eigenvalue weighted by Gasteiger charge is 2.19. The fourth-order valence-electron chi connectivity index (χ4n) is 2.25. The SMILES string of the molecule is CCCCN(c1ccccc1)c1c(F)cc(CCl)cc1F. The molecule has 0 heterocycles. The number of hydrogen-bond acceptors (Lipinski definition) is 1. The van der Waals surface area contributed by atoms with E-state index in [-0.39, 0.29) is 11.6 Å². The monoisotopic (exact) mass is 309 g/mol. The summed E-state index contributed by atoms with van der Waals surface area (Å²) in [4.78, 5) is 1.69. The zero-order chi connectivity index (χ0) is 15.2. The second-order valence-corrected chi connectivity index (χ2v) is 5.15. The van der Waals surface area contributed by atoms with Crippen LogP contribution in [-0.2, 0) is 5.88 Å². The van der Waals surface area contributed by atoms with E-state index in [1.807, 2.05) is 37.3 Å². The lowest BCUT2D eigenvalue weighted by atomic mass is 10.1. The van der Waals surface area contributed by atoms with Crippen LogP contribution in [0.2, 0.25) is 0 Å². The summed E-state index contributed by atoms with van der Waals surface area (Å²) in [6, 6.07) is 11.9. The Morgan fingerprint density at radius 1 is 1.05 bits per heavy atom. The Labute approximate surface area is 129 Å². The molecule has 0 aliphatic heterocycles. The van der Waals surface area contributed by atoms with Gasteiger partial charge < -0.3 is 4.90 Å². The first-order valence-electron chi connectivity index (χ1n) is 7.03. The quantitative estimate of drug-likeness (QED) is 0.624. The van der Waals surface area contributed by atoms with E-state index in [4.69, 9.17) is 11.6 Å². The first-order valence-corrected chi connectivity index (χ1v) is 7.57. The molecule has 0 fully saturated rings. The Balaban J connectivity index is 2.46. The van der Waals surface area contributed by atoms with Crippen molar-refractivity contribution in [1.29, 1.82) is 0 Å². The van der Waals surface area contributed by atoms with Gasteiger partial charge in [-0.15, -0.1) is 11.6 Å². The third-order valence-corrected chi connectivity index (χ3v) is 3.61. The second-order valence-electron chi connectivity index (χ2n) is 4.88. The summed E-state index contributed by atoms with van der Waals surface area (Å²) < 4.78 is 28.6. The van der Waals surface area contributed by atoms with E-state index in [1.165, 1.54) is 12.1 Å². The van der Waals surface area contributed by atoms with Gasteiger partial charge in [-0.3, -0.25) is 0 Å². The minimum atomic E-state index is -0.578. The summed E-state index contributed by atoms with van der Waals surface area (Å²) in [5, 5.41) is 0. The lowest BCUT2D eigenvalue weighted by molar-refractivity contribution is 0.576. The highest BCUT2D eigenvalue weighted by atomic mass is 35.5. The zero-order valence-corrected chi connectivity index (χ0v) is 12.7. The highest BCUT2D eigenvalue weighted by molar-refractivity contribution is 6.17. The molecule has 0 atom stereocenters. The topological polar surface area (TPSA) is 3.24 Å². The average molecular weight is 310 g/mol. The molecule has 0 aromatic heterocycles. The lowest BCUT2D eigenvalue weighted by Crippen LogP contribution is -2.21. The van der Waals surface area contributed by atoms with Gasteiger partial charge in [-0.05, 0) is 36.2 Å². The van der Waals surface area contributed by atoms with E-state index in [2.05, 4.69) is 0 Å². The van der Waals surface area contributed by atoms with E-state index in [9.17, 15) is 8.78 Å². The molecule has 112 valence electrons. The number of alkyl halides is 1. The van der Waals surface area contributed by atoms with Crippen LogP contribution in [0.3, 0.4) is 0 Å². The molecular formula is C17H18ClF2N. The first kappa shape index (κ1) is 15.8. The Kier molecular flexibility index (Phi) is 5.57. The van der Waals surface area contributed by atoms with Gasteiger partial charge in [0.25, 0.3) is 0 Å². The van der Waals surface area contributed by atoms with Gasteiger partial charge in [-0.1, -0.05) is 31.5 Å². The predicted molar refractivity (Wildman–Crippen MR) is 84.3 cm³/mol. The zero-order valence-electron chi connectivity index (χ0n) is 12.0. The van der Waals surface area contributed by atoms with E-state index in [1.54, 1.807) is 4.90 Å². The number of nitrogens with zero attached hydrogens (tertiary/aromatic N) is 1. The molecule has 0 aliphatic carbocycles. The second kappa shape index (κ2) is 7.41. The summed E-state index contributed by atoms with van der Waals surface area (Å²) in [5.41, 5.74) is 1.21. The van der Waals surface area contributed by atoms with Crippen molar-refractivity contribution in [2.45, 2.75) is 25.6 Å². The van der Waals surface area contributed by atoms with Crippen molar-refractivity contribution in [1.82, 2.24) is 0 Å². The minimum Gasteiger partial charge on any atom is -0.337 e. The fourth-order valence-corrected chi connectivity index (χ4v) is 2.40. The van der Waals surface area contributed by atoms with Gasteiger partial charge in [0, 0.05) is 18.1 Å².